The quantitative estimate of drug-likeness (QED) is 0.771. The van der Waals surface area contributed by atoms with Crippen molar-refractivity contribution in [1.29, 1.82) is 0 Å². The van der Waals surface area contributed by atoms with E-state index in [1.165, 1.54) is 0 Å². The standard InChI is InChI=1S/C11H13N3O/c1-7-3-5-15-10(7)11-13-8-2-4-12-6-9(8)14-11/h2,4,6-7,10H,3,5H2,1H3,(H,13,14). The average molecular weight is 203 g/mol. The molecule has 0 aliphatic carbocycles. The molecule has 1 aliphatic heterocycles. The molecule has 0 saturated carbocycles. The zero-order valence-electron chi connectivity index (χ0n) is 8.60. The Bertz CT molecular complexity index is 446. The molecule has 2 atom stereocenters. The lowest BCUT2D eigenvalue weighted by molar-refractivity contribution is 0.0883. The lowest BCUT2D eigenvalue weighted by atomic mass is 10.0. The Kier molecular flexibility index (Phi) is 1.95. The molecule has 1 N–H and O–H groups in total. The molecule has 1 fully saturated rings. The van der Waals surface area contributed by atoms with Gasteiger partial charge in [0.1, 0.15) is 11.9 Å². The molecule has 4 nitrogen and oxygen atoms in total. The molecular weight excluding hydrogens is 190 g/mol. The van der Waals surface area contributed by atoms with Crippen LogP contribution in [-0.4, -0.2) is 21.6 Å². The number of fused-ring (bicyclic) bond motifs is 1. The number of H-pyrrole nitrogens is 1. The summed E-state index contributed by atoms with van der Waals surface area (Å²) in [6.07, 6.45) is 4.79. The summed E-state index contributed by atoms with van der Waals surface area (Å²) < 4.78 is 5.67. The number of imidazole rings is 1. The van der Waals surface area contributed by atoms with Crippen molar-refractivity contribution in [2.45, 2.75) is 19.4 Å². The molecule has 1 saturated heterocycles. The average Bonchev–Trinajstić information content (AvgIpc) is 2.82. The minimum absolute atomic E-state index is 0.123. The normalized spacial score (nSPS) is 26.2. The number of nitrogens with one attached hydrogen (secondary N) is 1. The van der Waals surface area contributed by atoms with E-state index in [1.807, 2.05) is 6.07 Å². The molecule has 4 heteroatoms. The lowest BCUT2D eigenvalue weighted by Crippen LogP contribution is -2.05. The Morgan fingerprint density at radius 1 is 1.53 bits per heavy atom. The predicted molar refractivity (Wildman–Crippen MR) is 56.4 cm³/mol. The van der Waals surface area contributed by atoms with Gasteiger partial charge in [-0.05, 0) is 18.4 Å². The fourth-order valence-electron chi connectivity index (χ4n) is 2.06. The van der Waals surface area contributed by atoms with Gasteiger partial charge in [0.05, 0.1) is 17.2 Å². The molecule has 3 rings (SSSR count). The first kappa shape index (κ1) is 8.85. The van der Waals surface area contributed by atoms with Gasteiger partial charge < -0.3 is 9.72 Å². The number of hydrogen-bond acceptors (Lipinski definition) is 3. The van der Waals surface area contributed by atoms with E-state index >= 15 is 0 Å². The molecule has 78 valence electrons. The van der Waals surface area contributed by atoms with Crippen LogP contribution < -0.4 is 0 Å². The number of pyridine rings is 1. The van der Waals surface area contributed by atoms with Crippen LogP contribution in [0.2, 0.25) is 0 Å². The van der Waals surface area contributed by atoms with Crippen molar-refractivity contribution in [2.24, 2.45) is 5.92 Å². The number of hydrogen-bond donors (Lipinski definition) is 1. The van der Waals surface area contributed by atoms with E-state index in [0.717, 1.165) is 29.9 Å². The van der Waals surface area contributed by atoms with Gasteiger partial charge in [0.25, 0.3) is 0 Å². The summed E-state index contributed by atoms with van der Waals surface area (Å²) in [4.78, 5) is 11.9. The maximum atomic E-state index is 5.67. The van der Waals surface area contributed by atoms with Gasteiger partial charge in [-0.25, -0.2) is 4.98 Å². The van der Waals surface area contributed by atoms with Gasteiger partial charge in [0, 0.05) is 12.8 Å². The smallest absolute Gasteiger partial charge is 0.136 e. The summed E-state index contributed by atoms with van der Waals surface area (Å²) in [5.74, 6) is 1.47. The highest BCUT2D eigenvalue weighted by molar-refractivity contribution is 5.73. The topological polar surface area (TPSA) is 50.8 Å². The molecular formula is C11H13N3O. The van der Waals surface area contributed by atoms with Gasteiger partial charge in [-0.2, -0.15) is 0 Å². The molecule has 0 aromatic carbocycles. The first-order valence-corrected chi connectivity index (χ1v) is 5.26. The summed E-state index contributed by atoms with van der Waals surface area (Å²) in [5, 5.41) is 0. The van der Waals surface area contributed by atoms with E-state index in [1.54, 1.807) is 12.4 Å². The van der Waals surface area contributed by atoms with Crippen LogP contribution in [0.15, 0.2) is 18.5 Å². The third-order valence-corrected chi connectivity index (χ3v) is 2.96. The van der Waals surface area contributed by atoms with Crippen LogP contribution in [-0.2, 0) is 4.74 Å². The Labute approximate surface area is 87.7 Å². The number of nitrogens with zero attached hydrogens (tertiary/aromatic N) is 2. The summed E-state index contributed by atoms with van der Waals surface area (Å²) >= 11 is 0. The van der Waals surface area contributed by atoms with Crippen molar-refractivity contribution in [3.63, 3.8) is 0 Å². The number of aromatic amines is 1. The largest absolute Gasteiger partial charge is 0.370 e. The maximum absolute atomic E-state index is 5.67. The minimum Gasteiger partial charge on any atom is -0.370 e. The fraction of sp³-hybridized carbons (Fsp3) is 0.455. The zero-order valence-corrected chi connectivity index (χ0v) is 8.60. The molecule has 3 heterocycles. The van der Waals surface area contributed by atoms with Crippen LogP contribution in [0, 0.1) is 5.92 Å². The maximum Gasteiger partial charge on any atom is 0.136 e. The van der Waals surface area contributed by atoms with Crippen LogP contribution >= 0.6 is 0 Å². The molecule has 1 aliphatic rings. The second kappa shape index (κ2) is 3.31. The van der Waals surface area contributed by atoms with Gasteiger partial charge in [0.15, 0.2) is 0 Å². The Morgan fingerprint density at radius 2 is 2.47 bits per heavy atom. The van der Waals surface area contributed by atoms with Gasteiger partial charge in [-0.3, -0.25) is 4.98 Å². The van der Waals surface area contributed by atoms with Crippen LogP contribution in [0.3, 0.4) is 0 Å². The number of aromatic nitrogens is 3. The van der Waals surface area contributed by atoms with Crippen molar-refractivity contribution >= 4 is 11.0 Å². The van der Waals surface area contributed by atoms with Gasteiger partial charge in [-0.15, -0.1) is 0 Å². The van der Waals surface area contributed by atoms with E-state index in [-0.39, 0.29) is 6.10 Å². The van der Waals surface area contributed by atoms with E-state index in [9.17, 15) is 0 Å². The first-order chi connectivity index (χ1) is 7.34. The van der Waals surface area contributed by atoms with Crippen LogP contribution in [0.4, 0.5) is 0 Å². The van der Waals surface area contributed by atoms with Crippen molar-refractivity contribution < 1.29 is 4.74 Å². The van der Waals surface area contributed by atoms with E-state index in [0.29, 0.717) is 5.92 Å². The molecule has 0 radical (unpaired) electrons. The minimum atomic E-state index is 0.123. The molecule has 0 bridgehead atoms. The first-order valence-electron chi connectivity index (χ1n) is 5.26. The molecule has 2 unspecified atom stereocenters. The second-order valence-electron chi connectivity index (χ2n) is 4.07. The van der Waals surface area contributed by atoms with Crippen molar-refractivity contribution in [3.05, 3.63) is 24.3 Å². The monoisotopic (exact) mass is 203 g/mol. The Hall–Kier alpha value is -1.42. The summed E-state index contributed by atoms with van der Waals surface area (Å²) in [6, 6.07) is 1.91. The molecule has 2 aromatic heterocycles. The second-order valence-corrected chi connectivity index (χ2v) is 4.07. The molecule has 2 aromatic rings. The van der Waals surface area contributed by atoms with Crippen LogP contribution in [0.1, 0.15) is 25.3 Å². The third kappa shape index (κ3) is 1.41. The van der Waals surface area contributed by atoms with Crippen molar-refractivity contribution in [1.82, 2.24) is 15.0 Å². The summed E-state index contributed by atoms with van der Waals surface area (Å²) in [5.41, 5.74) is 1.94. The van der Waals surface area contributed by atoms with E-state index in [4.69, 9.17) is 4.74 Å². The summed E-state index contributed by atoms with van der Waals surface area (Å²) in [7, 11) is 0. The number of ether oxygens (including phenoxy) is 1. The summed E-state index contributed by atoms with van der Waals surface area (Å²) in [6.45, 7) is 3.03. The molecule has 0 spiro atoms. The Morgan fingerprint density at radius 3 is 3.20 bits per heavy atom. The number of rotatable bonds is 1. The zero-order chi connectivity index (χ0) is 10.3. The van der Waals surface area contributed by atoms with Gasteiger partial charge >= 0.3 is 0 Å². The van der Waals surface area contributed by atoms with Crippen LogP contribution in [0.5, 0.6) is 0 Å². The highest BCUT2D eigenvalue weighted by atomic mass is 16.5. The van der Waals surface area contributed by atoms with E-state index < -0.39 is 0 Å². The third-order valence-electron chi connectivity index (χ3n) is 2.96. The van der Waals surface area contributed by atoms with Gasteiger partial charge in [0.2, 0.25) is 0 Å². The van der Waals surface area contributed by atoms with Gasteiger partial charge in [-0.1, -0.05) is 6.92 Å². The molecule has 0 amide bonds. The van der Waals surface area contributed by atoms with E-state index in [2.05, 4.69) is 21.9 Å². The SMILES string of the molecule is CC1CCOC1c1nc2ccncc2[nH]1. The predicted octanol–water partition coefficient (Wildman–Crippen LogP) is 2.06. The van der Waals surface area contributed by atoms with Crippen molar-refractivity contribution in [2.75, 3.05) is 6.61 Å². The van der Waals surface area contributed by atoms with Crippen molar-refractivity contribution in [3.8, 4) is 0 Å². The molecule has 15 heavy (non-hydrogen) atoms. The highest BCUT2D eigenvalue weighted by Gasteiger charge is 2.28. The highest BCUT2D eigenvalue weighted by Crippen LogP contribution is 2.33. The fourth-order valence-corrected chi connectivity index (χ4v) is 2.06. The Balaban J connectivity index is 2.04. The van der Waals surface area contributed by atoms with Crippen LogP contribution in [0.25, 0.3) is 11.0 Å². The lowest BCUT2D eigenvalue weighted by Gasteiger charge is -2.10.